The van der Waals surface area contributed by atoms with Crippen LogP contribution < -0.4 is 15.5 Å². The molecule has 2 aliphatic rings. The molecule has 0 bridgehead atoms. The van der Waals surface area contributed by atoms with Gasteiger partial charge in [0.15, 0.2) is 5.96 Å². The number of furan rings is 1. The van der Waals surface area contributed by atoms with E-state index >= 15 is 0 Å². The minimum Gasteiger partial charge on any atom is -0.469 e. The zero-order valence-electron chi connectivity index (χ0n) is 17.1. The Morgan fingerprint density at radius 3 is 2.41 bits per heavy atom. The number of hydrogen-bond donors (Lipinski definition) is 2. The summed E-state index contributed by atoms with van der Waals surface area (Å²) in [6.07, 6.45) is 14.7. The average Bonchev–Trinajstić information content (AvgIpc) is 3.29. The maximum atomic E-state index is 5.44. The molecule has 1 saturated heterocycles. The van der Waals surface area contributed by atoms with Crippen molar-refractivity contribution in [1.29, 1.82) is 0 Å². The Morgan fingerprint density at radius 1 is 1.00 bits per heavy atom. The zero-order chi connectivity index (χ0) is 19.7. The quantitative estimate of drug-likeness (QED) is 0.577. The molecule has 7 heteroatoms. The van der Waals surface area contributed by atoms with E-state index < -0.39 is 0 Å². The standard InChI is InChI=1S/C22H32N6O/c1-2-6-18(7-3-1)26-21(23-14-9-20-8-4-17-29-20)27-19-10-15-28(16-11-19)22-24-12-5-13-25-22/h4-5,8,12-13,17-19H,1-3,6-7,9-11,14-16H2,(H2,23,26,27). The summed E-state index contributed by atoms with van der Waals surface area (Å²) in [5, 5.41) is 7.39. The Morgan fingerprint density at radius 2 is 1.72 bits per heavy atom. The summed E-state index contributed by atoms with van der Waals surface area (Å²) < 4.78 is 5.44. The third-order valence-corrected chi connectivity index (χ3v) is 5.83. The van der Waals surface area contributed by atoms with Crippen LogP contribution in [-0.4, -0.2) is 47.6 Å². The van der Waals surface area contributed by atoms with Crippen molar-refractivity contribution in [1.82, 2.24) is 20.6 Å². The van der Waals surface area contributed by atoms with Crippen molar-refractivity contribution in [2.45, 2.75) is 63.5 Å². The third-order valence-electron chi connectivity index (χ3n) is 5.83. The van der Waals surface area contributed by atoms with Gasteiger partial charge in [0.2, 0.25) is 5.95 Å². The Kier molecular flexibility index (Phi) is 6.99. The van der Waals surface area contributed by atoms with Crippen LogP contribution in [0.2, 0.25) is 0 Å². The Hall–Kier alpha value is -2.57. The number of hydrogen-bond acceptors (Lipinski definition) is 5. The lowest BCUT2D eigenvalue weighted by molar-refractivity contribution is 0.401. The second-order valence-corrected chi connectivity index (χ2v) is 7.99. The molecule has 2 N–H and O–H groups in total. The number of rotatable bonds is 6. The van der Waals surface area contributed by atoms with Crippen molar-refractivity contribution in [2.24, 2.45) is 4.99 Å². The van der Waals surface area contributed by atoms with Crippen LogP contribution >= 0.6 is 0 Å². The summed E-state index contributed by atoms with van der Waals surface area (Å²) in [6.45, 7) is 2.65. The average molecular weight is 397 g/mol. The number of anilines is 1. The van der Waals surface area contributed by atoms with E-state index in [1.807, 2.05) is 30.6 Å². The van der Waals surface area contributed by atoms with Crippen molar-refractivity contribution in [2.75, 3.05) is 24.5 Å². The lowest BCUT2D eigenvalue weighted by atomic mass is 9.95. The van der Waals surface area contributed by atoms with Crippen LogP contribution in [0, 0.1) is 0 Å². The van der Waals surface area contributed by atoms with E-state index in [0.717, 1.165) is 56.6 Å². The van der Waals surface area contributed by atoms with Gasteiger partial charge in [-0.2, -0.15) is 0 Å². The van der Waals surface area contributed by atoms with Gasteiger partial charge >= 0.3 is 0 Å². The fraction of sp³-hybridized carbons (Fsp3) is 0.591. The highest BCUT2D eigenvalue weighted by Crippen LogP contribution is 2.18. The van der Waals surface area contributed by atoms with Gasteiger partial charge in [0.1, 0.15) is 5.76 Å². The second-order valence-electron chi connectivity index (χ2n) is 7.99. The van der Waals surface area contributed by atoms with Crippen LogP contribution in [0.25, 0.3) is 0 Å². The first-order valence-corrected chi connectivity index (χ1v) is 11.0. The molecule has 2 aromatic rings. The summed E-state index contributed by atoms with van der Waals surface area (Å²) >= 11 is 0. The summed E-state index contributed by atoms with van der Waals surface area (Å²) in [5.74, 6) is 2.78. The van der Waals surface area contributed by atoms with Crippen LogP contribution in [0.3, 0.4) is 0 Å². The molecule has 156 valence electrons. The summed E-state index contributed by atoms with van der Waals surface area (Å²) in [7, 11) is 0. The molecular weight excluding hydrogens is 364 g/mol. The van der Waals surface area contributed by atoms with Gasteiger partial charge in [-0.05, 0) is 43.9 Å². The van der Waals surface area contributed by atoms with E-state index in [9.17, 15) is 0 Å². The molecular formula is C22H32N6O. The van der Waals surface area contributed by atoms with Gasteiger partial charge in [-0.1, -0.05) is 19.3 Å². The van der Waals surface area contributed by atoms with Gasteiger partial charge in [-0.3, -0.25) is 4.99 Å². The van der Waals surface area contributed by atoms with Crippen molar-refractivity contribution in [3.05, 3.63) is 42.6 Å². The molecule has 2 aromatic heterocycles. The monoisotopic (exact) mass is 396 g/mol. The second kappa shape index (κ2) is 10.3. The molecule has 0 unspecified atom stereocenters. The largest absolute Gasteiger partial charge is 0.469 e. The number of aliphatic imine (C=N–C) groups is 1. The predicted molar refractivity (Wildman–Crippen MR) is 115 cm³/mol. The lowest BCUT2D eigenvalue weighted by Gasteiger charge is -2.34. The van der Waals surface area contributed by atoms with Crippen LogP contribution in [0.5, 0.6) is 0 Å². The minimum atomic E-state index is 0.424. The van der Waals surface area contributed by atoms with Gasteiger partial charge < -0.3 is 20.0 Å². The van der Waals surface area contributed by atoms with Crippen LogP contribution in [0.1, 0.15) is 50.7 Å². The molecule has 3 heterocycles. The maximum absolute atomic E-state index is 5.44. The highest BCUT2D eigenvalue weighted by Gasteiger charge is 2.23. The molecule has 4 rings (SSSR count). The first-order chi connectivity index (χ1) is 14.4. The van der Waals surface area contributed by atoms with Crippen molar-refractivity contribution >= 4 is 11.9 Å². The molecule has 1 aliphatic carbocycles. The zero-order valence-corrected chi connectivity index (χ0v) is 17.1. The molecule has 1 aliphatic heterocycles. The number of nitrogens with zero attached hydrogens (tertiary/aromatic N) is 4. The van der Waals surface area contributed by atoms with Crippen LogP contribution in [0.15, 0.2) is 46.3 Å². The van der Waals surface area contributed by atoms with Gasteiger partial charge in [-0.25, -0.2) is 9.97 Å². The van der Waals surface area contributed by atoms with E-state index in [1.54, 1.807) is 6.26 Å². The summed E-state index contributed by atoms with van der Waals surface area (Å²) in [5.41, 5.74) is 0. The van der Waals surface area contributed by atoms with Crippen molar-refractivity contribution in [3.63, 3.8) is 0 Å². The summed E-state index contributed by atoms with van der Waals surface area (Å²) in [6, 6.07) is 6.77. The molecule has 0 spiro atoms. The molecule has 0 amide bonds. The molecule has 7 nitrogen and oxygen atoms in total. The number of nitrogens with one attached hydrogen (secondary N) is 2. The van der Waals surface area contributed by atoms with Crippen molar-refractivity contribution < 1.29 is 4.42 Å². The fourth-order valence-electron chi connectivity index (χ4n) is 4.18. The molecule has 0 radical (unpaired) electrons. The normalized spacial score (nSPS) is 19.3. The minimum absolute atomic E-state index is 0.424. The van der Waals surface area contributed by atoms with E-state index in [4.69, 9.17) is 9.41 Å². The van der Waals surface area contributed by atoms with Gasteiger partial charge in [0, 0.05) is 50.5 Å². The topological polar surface area (TPSA) is 78.6 Å². The molecule has 1 saturated carbocycles. The fourth-order valence-corrected chi connectivity index (χ4v) is 4.18. The lowest BCUT2D eigenvalue weighted by Crippen LogP contribution is -2.51. The molecule has 29 heavy (non-hydrogen) atoms. The van der Waals surface area contributed by atoms with Crippen molar-refractivity contribution in [3.8, 4) is 0 Å². The molecule has 2 fully saturated rings. The molecule has 0 aromatic carbocycles. The first kappa shape index (κ1) is 19.7. The van der Waals surface area contributed by atoms with Crippen LogP contribution in [-0.2, 0) is 6.42 Å². The van der Waals surface area contributed by atoms with Gasteiger partial charge in [0.05, 0.1) is 6.26 Å². The van der Waals surface area contributed by atoms with E-state index in [1.165, 1.54) is 32.1 Å². The highest BCUT2D eigenvalue weighted by molar-refractivity contribution is 5.80. The third kappa shape index (κ3) is 5.95. The number of guanidine groups is 1. The van der Waals surface area contributed by atoms with E-state index in [0.29, 0.717) is 12.1 Å². The summed E-state index contributed by atoms with van der Waals surface area (Å²) in [4.78, 5) is 15.9. The van der Waals surface area contributed by atoms with Gasteiger partial charge in [0.25, 0.3) is 0 Å². The predicted octanol–water partition coefficient (Wildman–Crippen LogP) is 3.15. The van der Waals surface area contributed by atoms with E-state index in [2.05, 4.69) is 25.5 Å². The first-order valence-electron chi connectivity index (χ1n) is 11.0. The Balaban J connectivity index is 1.31. The number of aromatic nitrogens is 2. The SMILES string of the molecule is c1cnc(N2CCC(NC(=NCCc3ccco3)NC3CCCCC3)CC2)nc1. The smallest absolute Gasteiger partial charge is 0.225 e. The Labute approximate surface area is 173 Å². The van der Waals surface area contributed by atoms with Gasteiger partial charge in [-0.15, -0.1) is 0 Å². The van der Waals surface area contributed by atoms with E-state index in [-0.39, 0.29) is 0 Å². The Bertz CT molecular complexity index is 734. The van der Waals surface area contributed by atoms with Crippen LogP contribution in [0.4, 0.5) is 5.95 Å². The number of piperidine rings is 1. The highest BCUT2D eigenvalue weighted by atomic mass is 16.3. The maximum Gasteiger partial charge on any atom is 0.225 e. The molecule has 0 atom stereocenters.